The van der Waals surface area contributed by atoms with Gasteiger partial charge in [-0.3, -0.25) is 9.59 Å². The van der Waals surface area contributed by atoms with Crippen LogP contribution in [0.3, 0.4) is 0 Å². The molecule has 0 bridgehead atoms. The molecule has 1 saturated heterocycles. The Morgan fingerprint density at radius 1 is 1.00 bits per heavy atom. The van der Waals surface area contributed by atoms with Crippen LogP contribution in [0.2, 0.25) is 0 Å². The van der Waals surface area contributed by atoms with Gasteiger partial charge in [-0.25, -0.2) is 0 Å². The van der Waals surface area contributed by atoms with Crippen LogP contribution in [0.1, 0.15) is 43.5 Å². The van der Waals surface area contributed by atoms with E-state index in [0.717, 1.165) is 11.1 Å². The number of carbonyl (C=O) groups is 2. The summed E-state index contributed by atoms with van der Waals surface area (Å²) < 4.78 is 10.6. The first-order chi connectivity index (χ1) is 16.0. The smallest absolute Gasteiger partial charge is 0.295 e. The standard InChI is InChI=1S/C27H34N2O5/c1-27(2,3)19-11-8-17(9-12-19)23-22(25(31)26(32)29(23)15-14-28(4)5)24(30)18-10-13-20(33-6)21(16-18)34-7/h8-13,16,23,30H,14-15H2,1-7H3/b24-22+/t23-/m0/s1. The van der Waals surface area contributed by atoms with Crippen LogP contribution < -0.4 is 9.47 Å². The molecule has 0 radical (unpaired) electrons. The van der Waals surface area contributed by atoms with Crippen molar-refractivity contribution in [2.45, 2.75) is 32.2 Å². The highest BCUT2D eigenvalue weighted by atomic mass is 16.5. The maximum atomic E-state index is 13.2. The number of hydrogen-bond acceptors (Lipinski definition) is 6. The molecule has 0 unspecified atom stereocenters. The van der Waals surface area contributed by atoms with Crippen LogP contribution in [0.15, 0.2) is 48.0 Å². The first-order valence-electron chi connectivity index (χ1n) is 11.3. The van der Waals surface area contributed by atoms with E-state index < -0.39 is 17.7 Å². The fraction of sp³-hybridized carbons (Fsp3) is 0.407. The molecule has 7 heteroatoms. The molecule has 1 heterocycles. The summed E-state index contributed by atoms with van der Waals surface area (Å²) in [5, 5.41) is 11.3. The molecule has 1 fully saturated rings. The van der Waals surface area contributed by atoms with E-state index >= 15 is 0 Å². The monoisotopic (exact) mass is 466 g/mol. The summed E-state index contributed by atoms with van der Waals surface area (Å²) >= 11 is 0. The molecule has 3 rings (SSSR count). The van der Waals surface area contributed by atoms with Crippen LogP contribution in [0, 0.1) is 0 Å². The Labute approximate surface area is 201 Å². The second-order valence-electron chi connectivity index (χ2n) is 9.74. The summed E-state index contributed by atoms with van der Waals surface area (Å²) in [6, 6.07) is 12.1. The molecule has 1 aliphatic heterocycles. The quantitative estimate of drug-likeness (QED) is 0.378. The van der Waals surface area contributed by atoms with Crippen molar-refractivity contribution in [2.24, 2.45) is 0 Å². The molecule has 0 saturated carbocycles. The van der Waals surface area contributed by atoms with Crippen molar-refractivity contribution in [1.29, 1.82) is 0 Å². The van der Waals surface area contributed by atoms with Gasteiger partial charge in [0.1, 0.15) is 5.76 Å². The number of ether oxygens (including phenoxy) is 2. The number of methoxy groups -OCH3 is 2. The van der Waals surface area contributed by atoms with Gasteiger partial charge in [0.2, 0.25) is 0 Å². The average molecular weight is 467 g/mol. The summed E-state index contributed by atoms with van der Waals surface area (Å²) in [5.74, 6) is -0.638. The van der Waals surface area contributed by atoms with Crippen molar-refractivity contribution in [1.82, 2.24) is 9.80 Å². The van der Waals surface area contributed by atoms with Crippen LogP contribution >= 0.6 is 0 Å². The zero-order valence-electron chi connectivity index (χ0n) is 21.0. The number of benzene rings is 2. The molecule has 2 aromatic carbocycles. The van der Waals surface area contributed by atoms with Crippen LogP contribution in [-0.2, 0) is 15.0 Å². The van der Waals surface area contributed by atoms with Gasteiger partial charge >= 0.3 is 0 Å². The number of amides is 1. The highest BCUT2D eigenvalue weighted by Crippen LogP contribution is 2.41. The fourth-order valence-corrected chi connectivity index (χ4v) is 4.07. The zero-order valence-corrected chi connectivity index (χ0v) is 21.0. The molecule has 0 aliphatic carbocycles. The first-order valence-corrected chi connectivity index (χ1v) is 11.3. The molecule has 0 aromatic heterocycles. The number of ketones is 1. The van der Waals surface area contributed by atoms with Gasteiger partial charge in [0.05, 0.1) is 25.8 Å². The lowest BCUT2D eigenvalue weighted by Crippen LogP contribution is -2.35. The first kappa shape index (κ1) is 25.3. The lowest BCUT2D eigenvalue weighted by molar-refractivity contribution is -0.140. The predicted octanol–water partition coefficient (Wildman–Crippen LogP) is 3.98. The Kier molecular flexibility index (Phi) is 7.36. The van der Waals surface area contributed by atoms with Gasteiger partial charge in [-0.05, 0) is 48.8 Å². The summed E-state index contributed by atoms with van der Waals surface area (Å²) in [5.41, 5.74) is 2.32. The van der Waals surface area contributed by atoms with Crippen LogP contribution in [0.25, 0.3) is 5.76 Å². The fourth-order valence-electron chi connectivity index (χ4n) is 4.07. The number of hydrogen-bond donors (Lipinski definition) is 1. The molecular weight excluding hydrogens is 432 g/mol. The normalized spacial score (nSPS) is 18.0. The second-order valence-corrected chi connectivity index (χ2v) is 9.74. The van der Waals surface area contributed by atoms with Crippen molar-refractivity contribution in [3.63, 3.8) is 0 Å². The highest BCUT2D eigenvalue weighted by molar-refractivity contribution is 6.46. The Bertz CT molecular complexity index is 1100. The minimum Gasteiger partial charge on any atom is -0.507 e. The van der Waals surface area contributed by atoms with Crippen LogP contribution in [-0.4, -0.2) is 68.0 Å². The van der Waals surface area contributed by atoms with Crippen molar-refractivity contribution in [3.8, 4) is 11.5 Å². The van der Waals surface area contributed by atoms with E-state index in [9.17, 15) is 14.7 Å². The van der Waals surface area contributed by atoms with Crippen LogP contribution in [0.4, 0.5) is 0 Å². The van der Waals surface area contributed by atoms with Gasteiger partial charge in [-0.2, -0.15) is 0 Å². The average Bonchev–Trinajstić information content (AvgIpc) is 3.06. The molecule has 1 N–H and O–H groups in total. The summed E-state index contributed by atoms with van der Waals surface area (Å²) in [7, 11) is 6.84. The zero-order chi connectivity index (χ0) is 25.2. The Balaban J connectivity index is 2.16. The Morgan fingerprint density at radius 3 is 2.15 bits per heavy atom. The van der Waals surface area contributed by atoms with Gasteiger partial charge in [0.25, 0.3) is 11.7 Å². The van der Waals surface area contributed by atoms with Gasteiger partial charge in [-0.1, -0.05) is 45.0 Å². The SMILES string of the molecule is COc1ccc(/C(O)=C2\C(=O)C(=O)N(CCN(C)C)[C@H]2c2ccc(C(C)(C)C)cc2)cc1OC. The molecule has 2 aromatic rings. The number of likely N-dealkylation sites (tertiary alicyclic amines) is 1. The number of likely N-dealkylation sites (N-methyl/N-ethyl adjacent to an activating group) is 1. The van der Waals surface area contributed by atoms with Crippen LogP contribution in [0.5, 0.6) is 11.5 Å². The lowest BCUT2D eigenvalue weighted by atomic mass is 9.85. The number of aliphatic hydroxyl groups is 1. The van der Waals surface area contributed by atoms with Crippen molar-refractivity contribution in [3.05, 3.63) is 64.7 Å². The molecule has 0 spiro atoms. The molecule has 1 aliphatic rings. The third kappa shape index (κ3) is 4.94. The van der Waals surface area contributed by atoms with E-state index in [1.165, 1.54) is 14.2 Å². The van der Waals surface area contributed by atoms with E-state index in [-0.39, 0.29) is 16.7 Å². The van der Waals surface area contributed by atoms with Crippen molar-refractivity contribution < 1.29 is 24.2 Å². The summed E-state index contributed by atoms with van der Waals surface area (Å²) in [6.07, 6.45) is 0. The third-order valence-corrected chi connectivity index (χ3v) is 6.08. The van der Waals surface area contributed by atoms with E-state index in [1.807, 2.05) is 43.3 Å². The van der Waals surface area contributed by atoms with Crippen molar-refractivity contribution in [2.75, 3.05) is 41.4 Å². The van der Waals surface area contributed by atoms with E-state index in [4.69, 9.17) is 9.47 Å². The van der Waals surface area contributed by atoms with Gasteiger partial charge in [-0.15, -0.1) is 0 Å². The largest absolute Gasteiger partial charge is 0.507 e. The molecule has 182 valence electrons. The third-order valence-electron chi connectivity index (χ3n) is 6.08. The number of nitrogens with zero attached hydrogens (tertiary/aromatic N) is 2. The molecule has 1 amide bonds. The number of rotatable bonds is 7. The molecule has 1 atom stereocenters. The van der Waals surface area contributed by atoms with Gasteiger partial charge in [0.15, 0.2) is 11.5 Å². The number of carbonyl (C=O) groups excluding carboxylic acids is 2. The maximum Gasteiger partial charge on any atom is 0.295 e. The Hall–Kier alpha value is -3.32. The molecule has 34 heavy (non-hydrogen) atoms. The molecular formula is C27H34N2O5. The minimum atomic E-state index is -0.698. The Morgan fingerprint density at radius 2 is 1.62 bits per heavy atom. The number of Topliss-reactive ketones (excluding diaryl/α,β-unsaturated/α-hetero) is 1. The minimum absolute atomic E-state index is 0.0368. The second kappa shape index (κ2) is 9.89. The van der Waals surface area contributed by atoms with E-state index in [0.29, 0.717) is 30.2 Å². The predicted molar refractivity (Wildman–Crippen MR) is 132 cm³/mol. The number of aliphatic hydroxyl groups excluding tert-OH is 1. The molecule has 7 nitrogen and oxygen atoms in total. The topological polar surface area (TPSA) is 79.3 Å². The summed E-state index contributed by atoms with van der Waals surface area (Å²) in [6.45, 7) is 7.32. The van der Waals surface area contributed by atoms with E-state index in [2.05, 4.69) is 20.8 Å². The highest BCUT2D eigenvalue weighted by Gasteiger charge is 2.46. The lowest BCUT2D eigenvalue weighted by Gasteiger charge is -2.27. The maximum absolute atomic E-state index is 13.2. The summed E-state index contributed by atoms with van der Waals surface area (Å²) in [4.78, 5) is 29.7. The van der Waals surface area contributed by atoms with Gasteiger partial charge < -0.3 is 24.4 Å². The van der Waals surface area contributed by atoms with E-state index in [1.54, 1.807) is 23.1 Å². The van der Waals surface area contributed by atoms with Gasteiger partial charge in [0, 0.05) is 18.7 Å². The van der Waals surface area contributed by atoms with Crippen molar-refractivity contribution >= 4 is 17.4 Å².